The molecule has 0 aliphatic heterocycles. The molecular formula is C16H9F3OSe. The molecule has 3 aromatic rings. The number of hydrogen-bond acceptors (Lipinski definition) is 1. The number of alkyl halides is 3. The molecule has 3 rings (SSSR count). The molecule has 0 saturated heterocycles. The van der Waals surface area contributed by atoms with Gasteiger partial charge in [-0.2, -0.15) is 0 Å². The number of halogens is 3. The van der Waals surface area contributed by atoms with Crippen molar-refractivity contribution in [3.8, 4) is 11.1 Å². The number of ketones is 1. The van der Waals surface area contributed by atoms with Crippen LogP contribution >= 0.6 is 0 Å². The van der Waals surface area contributed by atoms with Crippen molar-refractivity contribution in [2.45, 2.75) is 6.18 Å². The molecule has 0 radical (unpaired) electrons. The number of Topliss-reactive ketones (excluding diaryl/α,β-unsaturated/α-hetero) is 1. The Morgan fingerprint density at radius 1 is 0.905 bits per heavy atom. The standard InChI is InChI=1S/C16H9F3OSe/c17-16(18,19)15(20)14-13(10-6-2-1-3-7-10)11-8-4-5-9-12(11)21-14/h1-9H. The normalized spacial score (nSPS) is 11.8. The van der Waals surface area contributed by atoms with E-state index in [1.807, 2.05) is 0 Å². The molecule has 106 valence electrons. The molecule has 0 saturated carbocycles. The number of hydrogen-bond donors (Lipinski definition) is 0. The van der Waals surface area contributed by atoms with Gasteiger partial charge in [0.25, 0.3) is 0 Å². The van der Waals surface area contributed by atoms with Crippen LogP contribution in [0.4, 0.5) is 13.2 Å². The number of rotatable bonds is 2. The number of carbonyl (C=O) groups is 1. The SMILES string of the molecule is O=C(c1[se]c2ccccc2c1-c1ccccc1)C(F)(F)F. The van der Waals surface area contributed by atoms with Crippen molar-refractivity contribution in [3.63, 3.8) is 0 Å². The summed E-state index contributed by atoms with van der Waals surface area (Å²) in [6.45, 7) is 0. The van der Waals surface area contributed by atoms with Gasteiger partial charge in [0.15, 0.2) is 0 Å². The van der Waals surface area contributed by atoms with Gasteiger partial charge in [-0.15, -0.1) is 0 Å². The molecule has 1 nitrogen and oxygen atoms in total. The van der Waals surface area contributed by atoms with Crippen LogP contribution in [0.2, 0.25) is 0 Å². The summed E-state index contributed by atoms with van der Waals surface area (Å²) < 4.78 is 39.2. The zero-order valence-corrected chi connectivity index (χ0v) is 12.4. The minimum atomic E-state index is -4.83. The summed E-state index contributed by atoms with van der Waals surface area (Å²) in [7, 11) is 0. The molecule has 21 heavy (non-hydrogen) atoms. The van der Waals surface area contributed by atoms with Crippen LogP contribution in [0.5, 0.6) is 0 Å². The molecule has 0 amide bonds. The molecule has 0 aliphatic carbocycles. The van der Waals surface area contributed by atoms with Gasteiger partial charge < -0.3 is 0 Å². The monoisotopic (exact) mass is 354 g/mol. The maximum atomic E-state index is 12.8. The van der Waals surface area contributed by atoms with Crippen LogP contribution in [-0.2, 0) is 0 Å². The molecule has 2 aromatic carbocycles. The fraction of sp³-hybridized carbons (Fsp3) is 0.0625. The van der Waals surface area contributed by atoms with Gasteiger partial charge in [0, 0.05) is 0 Å². The second kappa shape index (κ2) is 5.17. The van der Waals surface area contributed by atoms with Gasteiger partial charge in [-0.1, -0.05) is 0 Å². The minimum absolute atomic E-state index is 0.109. The predicted molar refractivity (Wildman–Crippen MR) is 76.7 cm³/mol. The summed E-state index contributed by atoms with van der Waals surface area (Å²) in [6, 6.07) is 15.9. The average molecular weight is 353 g/mol. The van der Waals surface area contributed by atoms with Crippen LogP contribution in [-0.4, -0.2) is 26.5 Å². The van der Waals surface area contributed by atoms with E-state index in [1.165, 1.54) is 0 Å². The second-order valence-corrected chi connectivity index (χ2v) is 6.70. The Morgan fingerprint density at radius 2 is 1.52 bits per heavy atom. The van der Waals surface area contributed by atoms with E-state index in [4.69, 9.17) is 0 Å². The van der Waals surface area contributed by atoms with Crippen LogP contribution < -0.4 is 0 Å². The second-order valence-electron chi connectivity index (χ2n) is 4.50. The third-order valence-electron chi connectivity index (χ3n) is 3.12. The molecule has 1 heterocycles. The average Bonchev–Trinajstić information content (AvgIpc) is 2.85. The van der Waals surface area contributed by atoms with E-state index < -0.39 is 26.5 Å². The van der Waals surface area contributed by atoms with E-state index in [-0.39, 0.29) is 4.44 Å². The zero-order valence-electron chi connectivity index (χ0n) is 10.6. The molecule has 0 aliphatic rings. The first-order valence-electron chi connectivity index (χ1n) is 6.17. The van der Waals surface area contributed by atoms with Gasteiger partial charge in [-0.05, 0) is 0 Å². The topological polar surface area (TPSA) is 17.1 Å². The molecule has 5 heteroatoms. The third kappa shape index (κ3) is 2.55. The number of benzene rings is 2. The van der Waals surface area contributed by atoms with Crippen LogP contribution in [0.25, 0.3) is 20.8 Å². The van der Waals surface area contributed by atoms with E-state index >= 15 is 0 Å². The van der Waals surface area contributed by atoms with Gasteiger partial charge in [0.2, 0.25) is 0 Å². The first-order chi connectivity index (χ1) is 9.98. The van der Waals surface area contributed by atoms with Crippen LogP contribution in [0.1, 0.15) is 9.23 Å². The molecule has 0 N–H and O–H groups in total. The summed E-state index contributed by atoms with van der Waals surface area (Å²) in [4.78, 5) is 11.8. The van der Waals surface area contributed by atoms with E-state index in [0.717, 1.165) is 9.65 Å². The van der Waals surface area contributed by atoms with E-state index in [2.05, 4.69) is 0 Å². The summed E-state index contributed by atoms with van der Waals surface area (Å²) in [6.07, 6.45) is -4.83. The third-order valence-corrected chi connectivity index (χ3v) is 5.58. The first kappa shape index (κ1) is 14.1. The fourth-order valence-electron chi connectivity index (χ4n) is 2.23. The summed E-state index contributed by atoms with van der Waals surface area (Å²) in [5.74, 6) is -1.72. The molecular weight excluding hydrogens is 344 g/mol. The zero-order chi connectivity index (χ0) is 15.0. The van der Waals surface area contributed by atoms with Crippen molar-refractivity contribution in [2.75, 3.05) is 0 Å². The van der Waals surface area contributed by atoms with Gasteiger partial charge >= 0.3 is 124 Å². The van der Waals surface area contributed by atoms with Crippen LogP contribution in [0.3, 0.4) is 0 Å². The molecule has 0 atom stereocenters. The Morgan fingerprint density at radius 3 is 2.19 bits per heavy atom. The van der Waals surface area contributed by atoms with Crippen molar-refractivity contribution in [2.24, 2.45) is 0 Å². The molecule has 0 spiro atoms. The summed E-state index contributed by atoms with van der Waals surface area (Å²) in [5.41, 5.74) is 1.07. The van der Waals surface area contributed by atoms with E-state index in [0.29, 0.717) is 11.1 Å². The number of fused-ring (bicyclic) bond motifs is 1. The fourth-order valence-corrected chi connectivity index (χ4v) is 4.71. The van der Waals surface area contributed by atoms with Crippen LogP contribution in [0, 0.1) is 0 Å². The van der Waals surface area contributed by atoms with Gasteiger partial charge in [-0.3, -0.25) is 0 Å². The van der Waals surface area contributed by atoms with Gasteiger partial charge in [0.05, 0.1) is 0 Å². The Kier molecular flexibility index (Phi) is 3.47. The molecule has 1 aromatic heterocycles. The number of carbonyl (C=O) groups excluding carboxylic acids is 1. The summed E-state index contributed by atoms with van der Waals surface area (Å²) >= 11 is -0.617. The predicted octanol–water partition coefficient (Wildman–Crippen LogP) is 4.31. The maximum absolute atomic E-state index is 12.8. The van der Waals surface area contributed by atoms with Crippen molar-refractivity contribution < 1.29 is 18.0 Å². The van der Waals surface area contributed by atoms with Crippen molar-refractivity contribution in [1.82, 2.24) is 0 Å². The van der Waals surface area contributed by atoms with Gasteiger partial charge in [-0.25, -0.2) is 0 Å². The van der Waals surface area contributed by atoms with Gasteiger partial charge in [0.1, 0.15) is 0 Å². The summed E-state index contributed by atoms with van der Waals surface area (Å²) in [5, 5.41) is 0.733. The van der Waals surface area contributed by atoms with Crippen molar-refractivity contribution in [3.05, 3.63) is 59.0 Å². The van der Waals surface area contributed by atoms with Crippen LogP contribution in [0.15, 0.2) is 54.6 Å². The first-order valence-corrected chi connectivity index (χ1v) is 7.88. The molecule has 0 bridgehead atoms. The van der Waals surface area contributed by atoms with Crippen molar-refractivity contribution >= 4 is 29.9 Å². The van der Waals surface area contributed by atoms with Crippen molar-refractivity contribution in [1.29, 1.82) is 0 Å². The van der Waals surface area contributed by atoms with E-state index in [1.54, 1.807) is 54.6 Å². The Bertz CT molecular complexity index is 803. The van der Waals surface area contributed by atoms with E-state index in [9.17, 15) is 18.0 Å². The quantitative estimate of drug-likeness (QED) is 0.496. The Labute approximate surface area is 124 Å². The molecule has 0 unspecified atom stereocenters. The Balaban J connectivity index is 2.32. The Hall–Kier alpha value is -1.84. The molecule has 0 fully saturated rings.